The van der Waals surface area contributed by atoms with Gasteiger partial charge in [0.2, 0.25) is 0 Å². The number of benzene rings is 4. The molecule has 0 saturated heterocycles. The van der Waals surface area contributed by atoms with Crippen LogP contribution in [-0.4, -0.2) is 44.3 Å². The predicted octanol–water partition coefficient (Wildman–Crippen LogP) is 27.2. The van der Waals surface area contributed by atoms with Crippen molar-refractivity contribution in [1.29, 1.82) is 0 Å². The highest BCUT2D eigenvalue weighted by Gasteiger charge is 2.28. The number of halogens is 8. The van der Waals surface area contributed by atoms with Gasteiger partial charge in [0.15, 0.2) is 0 Å². The Morgan fingerprint density at radius 2 is 0.588 bits per heavy atom. The number of rotatable bonds is 8. The maximum absolute atomic E-state index is 4.01. The van der Waals surface area contributed by atoms with Gasteiger partial charge in [-0.1, -0.05) is 106 Å². The molecule has 0 bridgehead atoms. The smallest absolute Gasteiger partial charge is 0.0921 e. The van der Waals surface area contributed by atoms with Crippen LogP contribution in [0.4, 0.5) is 10.0 Å². The number of fused-ring (bicyclic) bond motifs is 12. The molecule has 14 aromatic rings. The Morgan fingerprint density at radius 1 is 0.300 bits per heavy atom. The van der Waals surface area contributed by atoms with Gasteiger partial charge < -0.3 is 9.80 Å². The van der Waals surface area contributed by atoms with E-state index in [1.54, 1.807) is 0 Å². The molecular formula is C58H42Br8N2S10Si2. The van der Waals surface area contributed by atoms with Crippen LogP contribution in [0.2, 0.25) is 39.3 Å². The van der Waals surface area contributed by atoms with Crippen LogP contribution in [0.15, 0.2) is 109 Å². The van der Waals surface area contributed by atoms with Crippen molar-refractivity contribution in [2.75, 3.05) is 38.0 Å². The van der Waals surface area contributed by atoms with E-state index in [0.29, 0.717) is 0 Å². The fraction of sp³-hybridized carbons (Fsp3) is 0.172. The third-order valence-corrected chi connectivity index (χ3v) is 39.6. The molecule has 2 nitrogen and oxygen atoms in total. The SMILES string of the molecule is CN(C)c1cc(Br)c(-c2sc3c(sc4cc5c(cc43)sc3c(Br)c(-c4sc(N(C)C)cc4Br)sc35)c2Br)s1.C[Si](C)(C)c1ccc(-c2sc3c(sc4cc5c(cc43)sc3c(Br)c(-c4ccc([Si](C)(C)C)cc4Br)sc35)c2Br)c(Br)c1. The van der Waals surface area contributed by atoms with Gasteiger partial charge in [0, 0.05) is 97.6 Å². The number of anilines is 2. The molecule has 4 aromatic carbocycles. The molecule has 10 heterocycles. The third kappa shape index (κ3) is 10.0. The largest absolute Gasteiger partial charge is 0.370 e. The summed E-state index contributed by atoms with van der Waals surface area (Å²) in [6.07, 6.45) is 0. The van der Waals surface area contributed by atoms with E-state index in [-0.39, 0.29) is 0 Å². The summed E-state index contributed by atoms with van der Waals surface area (Å²) < 4.78 is 25.8. The van der Waals surface area contributed by atoms with E-state index in [0.717, 1.165) is 8.95 Å². The van der Waals surface area contributed by atoms with Crippen LogP contribution in [0.3, 0.4) is 0 Å². The van der Waals surface area contributed by atoms with Crippen LogP contribution < -0.4 is 20.2 Å². The molecule has 0 aliphatic heterocycles. The van der Waals surface area contributed by atoms with E-state index in [1.807, 2.05) is 113 Å². The summed E-state index contributed by atoms with van der Waals surface area (Å²) in [6.45, 7) is 14.4. The molecule has 0 aliphatic carbocycles. The van der Waals surface area contributed by atoms with E-state index in [9.17, 15) is 0 Å². The Hall–Kier alpha value is -0.166. The third-order valence-electron chi connectivity index (χ3n) is 14.0. The quantitative estimate of drug-likeness (QED) is 0.140. The van der Waals surface area contributed by atoms with Crippen LogP contribution in [0.5, 0.6) is 0 Å². The molecule has 10 aromatic heterocycles. The molecular weight excluding hydrogens is 1740 g/mol. The van der Waals surface area contributed by atoms with Crippen molar-refractivity contribution in [3.8, 4) is 40.4 Å². The lowest BCUT2D eigenvalue weighted by Crippen LogP contribution is -2.37. The molecule has 0 atom stereocenters. The minimum absolute atomic E-state index is 1.15. The first-order valence-corrected chi connectivity index (χ1v) is 46.3. The van der Waals surface area contributed by atoms with Gasteiger partial charge in [-0.2, -0.15) is 0 Å². The lowest BCUT2D eigenvalue weighted by Gasteiger charge is -2.18. The molecule has 0 aliphatic rings. The van der Waals surface area contributed by atoms with Gasteiger partial charge in [-0.15, -0.1) is 113 Å². The van der Waals surface area contributed by atoms with E-state index in [4.69, 9.17) is 0 Å². The van der Waals surface area contributed by atoms with Gasteiger partial charge in [0.05, 0.1) is 111 Å². The van der Waals surface area contributed by atoms with Crippen molar-refractivity contribution in [2.24, 2.45) is 0 Å². The lowest BCUT2D eigenvalue weighted by molar-refractivity contribution is 1.16. The Labute approximate surface area is 572 Å². The van der Waals surface area contributed by atoms with Gasteiger partial charge in [-0.05, 0) is 144 Å². The second-order valence-electron chi connectivity index (χ2n) is 21.9. The van der Waals surface area contributed by atoms with Crippen LogP contribution in [0.1, 0.15) is 0 Å². The molecule has 0 spiro atoms. The van der Waals surface area contributed by atoms with Crippen molar-refractivity contribution in [3.05, 3.63) is 109 Å². The van der Waals surface area contributed by atoms with Gasteiger partial charge in [-0.25, -0.2) is 0 Å². The molecule has 80 heavy (non-hydrogen) atoms. The standard InChI is InChI=1S/C32H26Br4S4Si2.C26H16Br4N2S6/c1-41(2,3)15-7-9-17(21(33)11-15)27-25(35)31-29(39-27)19-13-24-20(14-23(19)37-31)30-32(38-24)26(36)28(40-30)18-10-8-16(12-22(18)34)42(4,5)6;1-31(2)15-7-11(27)21(35-15)25-17(29)23-19(37-25)9-5-14-10(6-13(9)33-23)20-24(34-14)18(30)26(38-20)22-12(28)8-16(36-22)32(3)4/h7-14H,1-6H3;5-8H,1-4H3. The van der Waals surface area contributed by atoms with E-state index in [2.05, 4.69) is 278 Å². The zero-order chi connectivity index (χ0) is 56.5. The summed E-state index contributed by atoms with van der Waals surface area (Å²) in [7, 11) is 5.63. The highest BCUT2D eigenvalue weighted by atomic mass is 79.9. The fourth-order valence-electron chi connectivity index (χ4n) is 9.70. The highest BCUT2D eigenvalue weighted by molar-refractivity contribution is 9.12. The monoisotopic (exact) mass is 1770 g/mol. The molecule has 22 heteroatoms. The van der Waals surface area contributed by atoms with Crippen molar-refractivity contribution < 1.29 is 0 Å². The summed E-state index contributed by atoms with van der Waals surface area (Å²) in [5.74, 6) is 0. The second-order valence-corrected chi connectivity index (χ2v) is 49.0. The zero-order valence-corrected chi connectivity index (χ0v) is 66.8. The molecule has 0 unspecified atom stereocenters. The van der Waals surface area contributed by atoms with Gasteiger partial charge in [0.25, 0.3) is 0 Å². The van der Waals surface area contributed by atoms with Crippen LogP contribution in [-0.2, 0) is 0 Å². The minimum atomic E-state index is -1.37. The minimum Gasteiger partial charge on any atom is -0.370 e. The van der Waals surface area contributed by atoms with Crippen molar-refractivity contribution in [3.63, 3.8) is 0 Å². The van der Waals surface area contributed by atoms with Gasteiger partial charge in [-0.3, -0.25) is 0 Å². The van der Waals surface area contributed by atoms with E-state index in [1.165, 1.54) is 166 Å². The van der Waals surface area contributed by atoms with Gasteiger partial charge in [0.1, 0.15) is 0 Å². The first kappa shape index (κ1) is 58.8. The van der Waals surface area contributed by atoms with Crippen LogP contribution in [0, 0.1) is 0 Å². The number of hydrogen-bond donors (Lipinski definition) is 0. The lowest BCUT2D eigenvalue weighted by atomic mass is 10.2. The zero-order valence-electron chi connectivity index (χ0n) is 43.9. The first-order valence-electron chi connectivity index (χ1n) is 24.8. The Bertz CT molecular complexity index is 4580. The van der Waals surface area contributed by atoms with Crippen LogP contribution >= 0.6 is 241 Å². The van der Waals surface area contributed by atoms with E-state index >= 15 is 0 Å². The maximum Gasteiger partial charge on any atom is 0.0921 e. The first-order chi connectivity index (χ1) is 37.8. The molecule has 0 fully saturated rings. The summed E-state index contributed by atoms with van der Waals surface area (Å²) >= 11 is 50.3. The molecule has 0 saturated carbocycles. The summed E-state index contributed by atoms with van der Waals surface area (Å²) in [4.78, 5) is 12.1. The molecule has 0 radical (unpaired) electrons. The summed E-state index contributed by atoms with van der Waals surface area (Å²) in [6, 6.07) is 28.1. The Morgan fingerprint density at radius 3 is 0.850 bits per heavy atom. The van der Waals surface area contributed by atoms with Crippen molar-refractivity contribution in [2.45, 2.75) is 39.3 Å². The summed E-state index contributed by atoms with van der Waals surface area (Å²) in [5, 5.41) is 10.9. The number of thiophene rings is 10. The van der Waals surface area contributed by atoms with Gasteiger partial charge >= 0.3 is 0 Å². The average Bonchev–Trinajstić information content (AvgIpc) is 4.47. The summed E-state index contributed by atoms with van der Waals surface area (Å²) in [5.41, 5.74) is 2.53. The predicted molar refractivity (Wildman–Crippen MR) is 410 cm³/mol. The fourth-order valence-corrected chi connectivity index (χ4v) is 32.6. The average molecular weight is 1780 g/mol. The maximum atomic E-state index is 4.01. The topological polar surface area (TPSA) is 6.48 Å². The number of hydrogen-bond acceptors (Lipinski definition) is 12. The second kappa shape index (κ2) is 21.9. The van der Waals surface area contributed by atoms with Crippen LogP contribution in [0.25, 0.3) is 118 Å². The van der Waals surface area contributed by atoms with Crippen molar-refractivity contribution in [1.82, 2.24) is 0 Å². The van der Waals surface area contributed by atoms with Crippen molar-refractivity contribution >= 4 is 355 Å². The normalized spacial score (nSPS) is 12.6. The molecule has 14 rings (SSSR count). The molecule has 0 N–H and O–H groups in total. The number of nitrogens with zero attached hydrogens (tertiary/aromatic N) is 2. The highest BCUT2D eigenvalue weighted by Crippen LogP contribution is 2.58. The Kier molecular flexibility index (Phi) is 16.1. The molecule has 0 amide bonds. The van der Waals surface area contributed by atoms with E-state index < -0.39 is 16.1 Å². The molecule has 408 valence electrons. The Balaban J connectivity index is 0.000000152.